The van der Waals surface area contributed by atoms with Crippen molar-refractivity contribution >= 4 is 0 Å². The van der Waals surface area contributed by atoms with E-state index in [0.29, 0.717) is 11.3 Å². The topological polar surface area (TPSA) is 3.24 Å². The van der Waals surface area contributed by atoms with E-state index in [1.807, 2.05) is 0 Å². The van der Waals surface area contributed by atoms with Crippen LogP contribution in [0.1, 0.15) is 57.2 Å². The van der Waals surface area contributed by atoms with Gasteiger partial charge in [0, 0.05) is 19.6 Å². The van der Waals surface area contributed by atoms with Gasteiger partial charge >= 0.3 is 0 Å². The van der Waals surface area contributed by atoms with Crippen LogP contribution >= 0.6 is 0 Å². The Hall–Kier alpha value is -0.820. The molecular weight excluding hydrogens is 206 g/mol. The quantitative estimate of drug-likeness (QED) is 0.738. The molecule has 1 heteroatoms. The minimum Gasteiger partial charge on any atom is -0.294 e. The number of nitrogens with zero attached hydrogens (tertiary/aromatic N) is 1. The minimum atomic E-state index is 0.389. The maximum absolute atomic E-state index is 2.58. The molecule has 2 rings (SSSR count). The number of hydrogen-bond acceptors (Lipinski definition) is 1. The van der Waals surface area contributed by atoms with Gasteiger partial charge in [0.2, 0.25) is 0 Å². The highest BCUT2D eigenvalue weighted by Crippen LogP contribution is 2.31. The largest absolute Gasteiger partial charge is 0.294 e. The van der Waals surface area contributed by atoms with Crippen LogP contribution in [0.2, 0.25) is 0 Å². The summed E-state index contributed by atoms with van der Waals surface area (Å²) in [6.07, 6.45) is 0. The van der Waals surface area contributed by atoms with E-state index in [4.69, 9.17) is 0 Å². The zero-order valence-electron chi connectivity index (χ0n) is 11.9. The van der Waals surface area contributed by atoms with Gasteiger partial charge in [0.05, 0.1) is 0 Å². The summed E-state index contributed by atoms with van der Waals surface area (Å²) in [4.78, 5) is 2.58. The molecule has 0 bridgehead atoms. The molecule has 1 nitrogen and oxygen atoms in total. The standard InChI is InChI=1S/C16H25N/c1-12(2)14-8-6-7-13-9-17(10-15(13)14)11-16(3,4)5/h6-8,12H,9-11H2,1-5H3. The first-order chi connectivity index (χ1) is 7.87. The second kappa shape index (κ2) is 4.45. The summed E-state index contributed by atoms with van der Waals surface area (Å²) in [7, 11) is 0. The summed E-state index contributed by atoms with van der Waals surface area (Å²) >= 11 is 0. The highest BCUT2D eigenvalue weighted by atomic mass is 15.1. The van der Waals surface area contributed by atoms with Crippen molar-refractivity contribution in [3.8, 4) is 0 Å². The van der Waals surface area contributed by atoms with E-state index in [1.165, 1.54) is 6.54 Å². The molecule has 0 N–H and O–H groups in total. The molecule has 0 atom stereocenters. The molecule has 0 amide bonds. The van der Waals surface area contributed by atoms with Crippen molar-refractivity contribution in [2.45, 2.75) is 53.6 Å². The normalized spacial score (nSPS) is 16.6. The Morgan fingerprint density at radius 2 is 1.88 bits per heavy atom. The molecule has 94 valence electrons. The summed E-state index contributed by atoms with van der Waals surface area (Å²) < 4.78 is 0. The zero-order valence-corrected chi connectivity index (χ0v) is 11.9. The first kappa shape index (κ1) is 12.6. The predicted molar refractivity (Wildman–Crippen MR) is 74.1 cm³/mol. The van der Waals surface area contributed by atoms with Gasteiger partial charge in [0.1, 0.15) is 0 Å². The summed E-state index contributed by atoms with van der Waals surface area (Å²) in [5.74, 6) is 0.638. The minimum absolute atomic E-state index is 0.389. The van der Waals surface area contributed by atoms with Gasteiger partial charge in [-0.05, 0) is 28.0 Å². The van der Waals surface area contributed by atoms with Gasteiger partial charge in [-0.3, -0.25) is 4.90 Å². The van der Waals surface area contributed by atoms with E-state index in [9.17, 15) is 0 Å². The van der Waals surface area contributed by atoms with Crippen LogP contribution in [0, 0.1) is 5.41 Å². The van der Waals surface area contributed by atoms with Crippen LogP contribution in [0.25, 0.3) is 0 Å². The number of hydrogen-bond donors (Lipinski definition) is 0. The molecule has 1 aromatic carbocycles. The van der Waals surface area contributed by atoms with Crippen LogP contribution in [0.5, 0.6) is 0 Å². The number of benzene rings is 1. The van der Waals surface area contributed by atoms with Crippen molar-refractivity contribution in [3.05, 3.63) is 34.9 Å². The van der Waals surface area contributed by atoms with Crippen LogP contribution in [0.3, 0.4) is 0 Å². The van der Waals surface area contributed by atoms with Gasteiger partial charge in [0.25, 0.3) is 0 Å². The first-order valence-electron chi connectivity index (χ1n) is 6.70. The van der Waals surface area contributed by atoms with Crippen molar-refractivity contribution in [2.75, 3.05) is 6.54 Å². The second-order valence-electron chi connectivity index (χ2n) is 6.85. The highest BCUT2D eigenvalue weighted by molar-refractivity contribution is 5.39. The molecule has 1 aliphatic heterocycles. The van der Waals surface area contributed by atoms with Gasteiger partial charge in [0.15, 0.2) is 0 Å². The van der Waals surface area contributed by atoms with Crippen molar-refractivity contribution < 1.29 is 0 Å². The van der Waals surface area contributed by atoms with Crippen LogP contribution < -0.4 is 0 Å². The molecule has 0 saturated heterocycles. The van der Waals surface area contributed by atoms with E-state index in [0.717, 1.165) is 13.1 Å². The Morgan fingerprint density at radius 1 is 1.18 bits per heavy atom. The summed E-state index contributed by atoms with van der Waals surface area (Å²) in [5, 5.41) is 0. The van der Waals surface area contributed by atoms with E-state index >= 15 is 0 Å². The van der Waals surface area contributed by atoms with Crippen LogP contribution in [0.15, 0.2) is 18.2 Å². The Kier molecular flexibility index (Phi) is 3.31. The molecule has 0 spiro atoms. The monoisotopic (exact) mass is 231 g/mol. The SMILES string of the molecule is CC(C)c1cccc2c1CN(CC(C)(C)C)C2. The molecule has 1 aliphatic rings. The van der Waals surface area contributed by atoms with Gasteiger partial charge in [-0.1, -0.05) is 52.8 Å². The Balaban J connectivity index is 2.19. The summed E-state index contributed by atoms with van der Waals surface area (Å²) in [5.41, 5.74) is 5.06. The Labute approximate surface area is 106 Å². The number of fused-ring (bicyclic) bond motifs is 1. The van der Waals surface area contributed by atoms with E-state index in [-0.39, 0.29) is 0 Å². The molecule has 0 radical (unpaired) electrons. The third kappa shape index (κ3) is 2.90. The molecule has 1 heterocycles. The van der Waals surface area contributed by atoms with E-state index in [2.05, 4.69) is 57.7 Å². The Bertz CT molecular complexity index is 398. The third-order valence-electron chi connectivity index (χ3n) is 3.40. The molecule has 0 aromatic heterocycles. The second-order valence-corrected chi connectivity index (χ2v) is 6.85. The van der Waals surface area contributed by atoms with Crippen LogP contribution in [0.4, 0.5) is 0 Å². The number of rotatable bonds is 2. The van der Waals surface area contributed by atoms with Crippen molar-refractivity contribution in [1.29, 1.82) is 0 Å². The lowest BCUT2D eigenvalue weighted by Gasteiger charge is -2.25. The lowest BCUT2D eigenvalue weighted by Crippen LogP contribution is -2.28. The van der Waals surface area contributed by atoms with Crippen LogP contribution in [-0.2, 0) is 13.1 Å². The smallest absolute Gasteiger partial charge is 0.0243 e. The average molecular weight is 231 g/mol. The summed E-state index contributed by atoms with van der Waals surface area (Å²) in [6, 6.07) is 6.81. The lowest BCUT2D eigenvalue weighted by atomic mass is 9.95. The van der Waals surface area contributed by atoms with E-state index in [1.54, 1.807) is 16.7 Å². The molecule has 0 saturated carbocycles. The first-order valence-corrected chi connectivity index (χ1v) is 6.70. The molecule has 0 fully saturated rings. The van der Waals surface area contributed by atoms with E-state index < -0.39 is 0 Å². The molecule has 0 aliphatic carbocycles. The fourth-order valence-corrected chi connectivity index (χ4v) is 2.84. The van der Waals surface area contributed by atoms with Gasteiger partial charge in [-0.25, -0.2) is 0 Å². The van der Waals surface area contributed by atoms with Crippen molar-refractivity contribution in [2.24, 2.45) is 5.41 Å². The predicted octanol–water partition coefficient (Wildman–Crippen LogP) is 4.17. The fourth-order valence-electron chi connectivity index (χ4n) is 2.84. The van der Waals surface area contributed by atoms with Crippen molar-refractivity contribution in [3.63, 3.8) is 0 Å². The van der Waals surface area contributed by atoms with Crippen LogP contribution in [-0.4, -0.2) is 11.4 Å². The molecule has 0 unspecified atom stereocenters. The zero-order chi connectivity index (χ0) is 12.6. The van der Waals surface area contributed by atoms with Gasteiger partial charge in [-0.2, -0.15) is 0 Å². The average Bonchev–Trinajstić information content (AvgIpc) is 2.55. The maximum Gasteiger partial charge on any atom is 0.0243 e. The third-order valence-corrected chi connectivity index (χ3v) is 3.40. The van der Waals surface area contributed by atoms with Gasteiger partial charge < -0.3 is 0 Å². The lowest BCUT2D eigenvalue weighted by molar-refractivity contribution is 0.193. The highest BCUT2D eigenvalue weighted by Gasteiger charge is 2.25. The maximum atomic E-state index is 2.58. The molecule has 17 heavy (non-hydrogen) atoms. The molecule has 1 aromatic rings. The Morgan fingerprint density at radius 3 is 2.47 bits per heavy atom. The summed E-state index contributed by atoms with van der Waals surface area (Å²) in [6.45, 7) is 15.0. The molecular formula is C16H25N. The van der Waals surface area contributed by atoms with Gasteiger partial charge in [-0.15, -0.1) is 0 Å². The fraction of sp³-hybridized carbons (Fsp3) is 0.625. The van der Waals surface area contributed by atoms with Crippen molar-refractivity contribution in [1.82, 2.24) is 4.90 Å².